The summed E-state index contributed by atoms with van der Waals surface area (Å²) in [5, 5.41) is 13.3. The van der Waals surface area contributed by atoms with Crippen LogP contribution in [0, 0.1) is 0 Å². The summed E-state index contributed by atoms with van der Waals surface area (Å²) >= 11 is 2.05. The van der Waals surface area contributed by atoms with Gasteiger partial charge in [-0.15, -0.1) is 0 Å². The molecule has 0 unspecified atom stereocenters. The first kappa shape index (κ1) is 14.0. The number of nitrogens with one attached hydrogen (secondary N) is 1. The van der Waals surface area contributed by atoms with Gasteiger partial charge in [-0.2, -0.15) is 11.8 Å². The summed E-state index contributed by atoms with van der Waals surface area (Å²) in [5.41, 5.74) is 1.15. The molecule has 0 aliphatic carbocycles. The smallest absolute Gasteiger partial charge is 0.151 e. The molecule has 1 aromatic rings. The Balaban J connectivity index is 1.70. The normalized spacial score (nSPS) is 21.9. The molecule has 0 bridgehead atoms. The van der Waals surface area contributed by atoms with Gasteiger partial charge in [-0.05, 0) is 49.3 Å². The van der Waals surface area contributed by atoms with E-state index in [9.17, 15) is 5.11 Å². The van der Waals surface area contributed by atoms with Gasteiger partial charge in [0.15, 0.2) is 5.82 Å². The Hall–Kier alpha value is -0.940. The van der Waals surface area contributed by atoms with E-state index in [4.69, 9.17) is 0 Å². The van der Waals surface area contributed by atoms with Crippen molar-refractivity contribution in [1.29, 1.82) is 0 Å². The summed E-state index contributed by atoms with van der Waals surface area (Å²) in [6.07, 6.45) is 5.88. The van der Waals surface area contributed by atoms with E-state index in [0.29, 0.717) is 6.04 Å². The molecule has 2 aliphatic heterocycles. The van der Waals surface area contributed by atoms with E-state index in [1.165, 1.54) is 24.3 Å². The summed E-state index contributed by atoms with van der Waals surface area (Å²) in [6, 6.07) is 4.71. The first-order valence-corrected chi connectivity index (χ1v) is 8.71. The minimum atomic E-state index is -0.137. The molecule has 2 aliphatic rings. The lowest BCUT2D eigenvalue weighted by molar-refractivity contribution is 0.145. The topological polar surface area (TPSA) is 48.4 Å². The lowest BCUT2D eigenvalue weighted by Crippen LogP contribution is -2.37. The molecule has 3 rings (SSSR count). The van der Waals surface area contributed by atoms with E-state index in [1.807, 2.05) is 24.0 Å². The number of aromatic nitrogens is 1. The molecule has 0 aromatic carbocycles. The van der Waals surface area contributed by atoms with Gasteiger partial charge in [-0.1, -0.05) is 0 Å². The monoisotopic (exact) mass is 293 g/mol. The average Bonchev–Trinajstić information content (AvgIpc) is 2.50. The van der Waals surface area contributed by atoms with Crippen molar-refractivity contribution in [1.82, 2.24) is 4.98 Å². The molecule has 0 saturated carbocycles. The highest BCUT2D eigenvalue weighted by Gasteiger charge is 2.21. The predicted molar refractivity (Wildman–Crippen MR) is 85.7 cm³/mol. The number of aliphatic hydroxyl groups excluding tert-OH is 1. The fraction of sp³-hybridized carbons (Fsp3) is 0.667. The van der Waals surface area contributed by atoms with E-state index >= 15 is 0 Å². The largest absolute Gasteiger partial charge is 0.393 e. The zero-order valence-corrected chi connectivity index (χ0v) is 12.6. The Labute approximate surface area is 125 Å². The molecule has 2 fully saturated rings. The summed E-state index contributed by atoms with van der Waals surface area (Å²) in [4.78, 5) is 6.87. The second-order valence-electron chi connectivity index (χ2n) is 5.62. The average molecular weight is 293 g/mol. The van der Waals surface area contributed by atoms with Gasteiger partial charge in [0.1, 0.15) is 0 Å². The van der Waals surface area contributed by atoms with Gasteiger partial charge in [0.2, 0.25) is 0 Å². The second kappa shape index (κ2) is 6.68. The fourth-order valence-corrected chi connectivity index (χ4v) is 4.01. The van der Waals surface area contributed by atoms with Gasteiger partial charge in [-0.3, -0.25) is 0 Å². The highest BCUT2D eigenvalue weighted by molar-refractivity contribution is 7.99. The van der Waals surface area contributed by atoms with Crippen molar-refractivity contribution < 1.29 is 5.11 Å². The number of piperidine rings is 1. The Morgan fingerprint density at radius 2 is 1.95 bits per heavy atom. The lowest BCUT2D eigenvalue weighted by Gasteiger charge is -2.33. The van der Waals surface area contributed by atoms with Crippen LogP contribution < -0.4 is 10.2 Å². The number of hydrogen-bond acceptors (Lipinski definition) is 5. The zero-order valence-electron chi connectivity index (χ0n) is 11.8. The SMILES string of the molecule is OC1CCN(c2ncccc2NC2CCSCC2)CC1. The molecule has 0 spiro atoms. The molecular weight excluding hydrogens is 270 g/mol. The summed E-state index contributed by atoms with van der Waals surface area (Å²) < 4.78 is 0. The third kappa shape index (κ3) is 3.38. The third-order valence-electron chi connectivity index (χ3n) is 4.13. The number of pyridine rings is 1. The van der Waals surface area contributed by atoms with Crippen LogP contribution in [0.2, 0.25) is 0 Å². The van der Waals surface area contributed by atoms with Crippen molar-refractivity contribution in [2.75, 3.05) is 34.8 Å². The lowest BCUT2D eigenvalue weighted by atomic mass is 10.1. The Kier molecular flexibility index (Phi) is 4.68. The molecule has 0 amide bonds. The molecular formula is C15H23N3OS. The zero-order chi connectivity index (χ0) is 13.8. The summed E-state index contributed by atoms with van der Waals surface area (Å²) in [5.74, 6) is 3.56. The first-order valence-electron chi connectivity index (χ1n) is 7.55. The molecule has 0 atom stereocenters. The van der Waals surface area contributed by atoms with Gasteiger partial charge >= 0.3 is 0 Å². The van der Waals surface area contributed by atoms with Crippen molar-refractivity contribution in [2.24, 2.45) is 0 Å². The van der Waals surface area contributed by atoms with Crippen molar-refractivity contribution in [2.45, 2.75) is 37.8 Å². The van der Waals surface area contributed by atoms with Crippen LogP contribution in [0.5, 0.6) is 0 Å². The molecule has 1 aromatic heterocycles. The van der Waals surface area contributed by atoms with Crippen LogP contribution in [0.15, 0.2) is 18.3 Å². The number of thioether (sulfide) groups is 1. The van der Waals surface area contributed by atoms with Crippen LogP contribution >= 0.6 is 11.8 Å². The maximum Gasteiger partial charge on any atom is 0.151 e. The molecule has 0 radical (unpaired) electrons. The number of aliphatic hydroxyl groups is 1. The van der Waals surface area contributed by atoms with Crippen LogP contribution in [-0.2, 0) is 0 Å². The van der Waals surface area contributed by atoms with Gasteiger partial charge in [0.05, 0.1) is 11.8 Å². The summed E-state index contributed by atoms with van der Waals surface area (Å²) in [6.45, 7) is 1.79. The van der Waals surface area contributed by atoms with Crippen molar-refractivity contribution in [3.63, 3.8) is 0 Å². The molecule has 3 heterocycles. The Bertz CT molecular complexity index is 429. The van der Waals surface area contributed by atoms with Crippen LogP contribution in [0.4, 0.5) is 11.5 Å². The molecule has 20 heavy (non-hydrogen) atoms. The molecule has 5 heteroatoms. The number of rotatable bonds is 3. The van der Waals surface area contributed by atoms with E-state index in [2.05, 4.69) is 21.3 Å². The molecule has 4 nitrogen and oxygen atoms in total. The van der Waals surface area contributed by atoms with Gasteiger partial charge in [-0.25, -0.2) is 4.98 Å². The Morgan fingerprint density at radius 1 is 1.20 bits per heavy atom. The van der Waals surface area contributed by atoms with Crippen molar-refractivity contribution in [3.05, 3.63) is 18.3 Å². The van der Waals surface area contributed by atoms with Gasteiger partial charge < -0.3 is 15.3 Å². The van der Waals surface area contributed by atoms with Gasteiger partial charge in [0.25, 0.3) is 0 Å². The van der Waals surface area contributed by atoms with Crippen LogP contribution in [0.25, 0.3) is 0 Å². The van der Waals surface area contributed by atoms with Gasteiger partial charge in [0, 0.05) is 25.3 Å². The fourth-order valence-electron chi connectivity index (χ4n) is 2.90. The van der Waals surface area contributed by atoms with E-state index < -0.39 is 0 Å². The third-order valence-corrected chi connectivity index (χ3v) is 5.18. The number of nitrogens with zero attached hydrogens (tertiary/aromatic N) is 2. The number of hydrogen-bond donors (Lipinski definition) is 2. The first-order chi connectivity index (χ1) is 9.83. The Morgan fingerprint density at radius 3 is 2.70 bits per heavy atom. The predicted octanol–water partition coefficient (Wildman–Crippen LogP) is 2.35. The standard InChI is InChI=1S/C15H23N3OS/c19-13-3-8-18(9-4-13)15-14(2-1-7-16-15)17-12-5-10-20-11-6-12/h1-2,7,12-13,17,19H,3-6,8-11H2. The number of anilines is 2. The van der Waals surface area contributed by atoms with Crippen LogP contribution in [-0.4, -0.2) is 46.8 Å². The van der Waals surface area contributed by atoms with E-state index in [-0.39, 0.29) is 6.10 Å². The van der Waals surface area contributed by atoms with E-state index in [0.717, 1.165) is 37.4 Å². The maximum atomic E-state index is 9.64. The second-order valence-corrected chi connectivity index (χ2v) is 6.85. The molecule has 2 N–H and O–H groups in total. The molecule has 2 saturated heterocycles. The van der Waals surface area contributed by atoms with Crippen molar-refractivity contribution >= 4 is 23.3 Å². The quantitative estimate of drug-likeness (QED) is 0.896. The van der Waals surface area contributed by atoms with E-state index in [1.54, 1.807) is 0 Å². The van der Waals surface area contributed by atoms with Crippen molar-refractivity contribution in [3.8, 4) is 0 Å². The minimum Gasteiger partial charge on any atom is -0.393 e. The van der Waals surface area contributed by atoms with Crippen LogP contribution in [0.3, 0.4) is 0 Å². The minimum absolute atomic E-state index is 0.137. The maximum absolute atomic E-state index is 9.64. The highest BCUT2D eigenvalue weighted by Crippen LogP contribution is 2.28. The van der Waals surface area contributed by atoms with Crippen LogP contribution in [0.1, 0.15) is 25.7 Å². The molecule has 110 valence electrons. The highest BCUT2D eigenvalue weighted by atomic mass is 32.2. The summed E-state index contributed by atoms with van der Waals surface area (Å²) in [7, 11) is 0.